The zero-order valence-corrected chi connectivity index (χ0v) is 11.0. The highest BCUT2D eigenvalue weighted by atomic mass is 35.5. The van der Waals surface area contributed by atoms with Gasteiger partial charge in [-0.25, -0.2) is 9.97 Å². The molecule has 0 N–H and O–H groups in total. The summed E-state index contributed by atoms with van der Waals surface area (Å²) in [4.78, 5) is 9.40. The van der Waals surface area contributed by atoms with Crippen LogP contribution in [0.1, 0.15) is 5.82 Å². The standard InChI is InChI=1S/C10H11ClN4OS/c1-15-5-7(4-12-15)17-10-3-8(11)13-9(14-10)6-16-2/h3-5H,6H2,1-2H3. The van der Waals surface area contributed by atoms with Crippen molar-refractivity contribution in [2.75, 3.05) is 7.11 Å². The first-order valence-corrected chi connectivity index (χ1v) is 6.05. The molecule has 0 bridgehead atoms. The van der Waals surface area contributed by atoms with Crippen molar-refractivity contribution in [2.24, 2.45) is 7.05 Å². The van der Waals surface area contributed by atoms with Crippen LogP contribution in [0.3, 0.4) is 0 Å². The average molecular weight is 271 g/mol. The molecule has 90 valence electrons. The van der Waals surface area contributed by atoms with Gasteiger partial charge in [0.1, 0.15) is 16.8 Å². The number of aromatic nitrogens is 4. The van der Waals surface area contributed by atoms with Gasteiger partial charge in [-0.3, -0.25) is 4.68 Å². The molecule has 0 saturated carbocycles. The van der Waals surface area contributed by atoms with Crippen LogP contribution in [0.5, 0.6) is 0 Å². The lowest BCUT2D eigenvalue weighted by molar-refractivity contribution is 0.177. The molecule has 0 aliphatic heterocycles. The van der Waals surface area contributed by atoms with Crippen LogP contribution in [0.2, 0.25) is 5.15 Å². The van der Waals surface area contributed by atoms with Crippen molar-refractivity contribution in [1.82, 2.24) is 19.7 Å². The summed E-state index contributed by atoms with van der Waals surface area (Å²) >= 11 is 7.40. The van der Waals surface area contributed by atoms with Gasteiger partial charge in [0.2, 0.25) is 0 Å². The Morgan fingerprint density at radius 2 is 2.29 bits per heavy atom. The minimum Gasteiger partial charge on any atom is -0.377 e. The van der Waals surface area contributed by atoms with E-state index in [1.807, 2.05) is 13.2 Å². The maximum Gasteiger partial charge on any atom is 0.156 e. The molecular weight excluding hydrogens is 260 g/mol. The molecule has 2 rings (SSSR count). The SMILES string of the molecule is COCc1nc(Cl)cc(Sc2cnn(C)c2)n1. The Kier molecular flexibility index (Phi) is 3.98. The number of methoxy groups -OCH3 is 1. The third-order valence-corrected chi connectivity index (χ3v) is 2.95. The molecular formula is C10H11ClN4OS. The van der Waals surface area contributed by atoms with Gasteiger partial charge in [-0.05, 0) is 0 Å². The zero-order valence-electron chi connectivity index (χ0n) is 9.42. The summed E-state index contributed by atoms with van der Waals surface area (Å²) in [5.74, 6) is 0.575. The minimum atomic E-state index is 0.348. The molecule has 2 aromatic rings. The second kappa shape index (κ2) is 5.48. The molecule has 2 heterocycles. The van der Waals surface area contributed by atoms with Crippen LogP contribution in [0.4, 0.5) is 0 Å². The summed E-state index contributed by atoms with van der Waals surface area (Å²) < 4.78 is 6.72. The maximum absolute atomic E-state index is 5.92. The Balaban J connectivity index is 2.20. The van der Waals surface area contributed by atoms with Gasteiger partial charge >= 0.3 is 0 Å². The molecule has 0 aliphatic rings. The fourth-order valence-corrected chi connectivity index (χ4v) is 2.39. The highest BCUT2D eigenvalue weighted by Crippen LogP contribution is 2.26. The van der Waals surface area contributed by atoms with Crippen molar-refractivity contribution >= 4 is 23.4 Å². The van der Waals surface area contributed by atoms with Crippen LogP contribution < -0.4 is 0 Å². The van der Waals surface area contributed by atoms with E-state index < -0.39 is 0 Å². The molecule has 0 unspecified atom stereocenters. The summed E-state index contributed by atoms with van der Waals surface area (Å²) in [6.07, 6.45) is 3.69. The minimum absolute atomic E-state index is 0.348. The molecule has 0 saturated heterocycles. The Hall–Kier alpha value is -1.11. The molecule has 0 aliphatic carbocycles. The van der Waals surface area contributed by atoms with E-state index in [1.54, 1.807) is 24.1 Å². The van der Waals surface area contributed by atoms with E-state index in [4.69, 9.17) is 16.3 Å². The van der Waals surface area contributed by atoms with Crippen molar-refractivity contribution in [1.29, 1.82) is 0 Å². The van der Waals surface area contributed by atoms with E-state index >= 15 is 0 Å². The van der Waals surface area contributed by atoms with Crippen LogP contribution in [-0.4, -0.2) is 26.9 Å². The molecule has 2 aromatic heterocycles. The van der Waals surface area contributed by atoms with Gasteiger partial charge in [-0.2, -0.15) is 5.10 Å². The fourth-order valence-electron chi connectivity index (χ4n) is 1.26. The van der Waals surface area contributed by atoms with Crippen LogP contribution in [0.15, 0.2) is 28.4 Å². The molecule has 0 spiro atoms. The Morgan fingerprint density at radius 1 is 1.47 bits per heavy atom. The number of nitrogens with zero attached hydrogens (tertiary/aromatic N) is 4. The predicted molar refractivity (Wildman–Crippen MR) is 65.1 cm³/mol. The number of halogens is 1. The molecule has 0 amide bonds. The highest BCUT2D eigenvalue weighted by molar-refractivity contribution is 7.99. The molecule has 0 atom stereocenters. The van der Waals surface area contributed by atoms with E-state index in [1.165, 1.54) is 11.8 Å². The second-order valence-corrected chi connectivity index (χ2v) is 4.81. The first kappa shape index (κ1) is 12.3. The topological polar surface area (TPSA) is 52.8 Å². The molecule has 0 fully saturated rings. The Morgan fingerprint density at radius 3 is 2.94 bits per heavy atom. The van der Waals surface area contributed by atoms with E-state index in [-0.39, 0.29) is 0 Å². The van der Waals surface area contributed by atoms with Crippen LogP contribution in [0.25, 0.3) is 0 Å². The van der Waals surface area contributed by atoms with Gasteiger partial charge < -0.3 is 4.74 Å². The van der Waals surface area contributed by atoms with E-state index in [0.717, 1.165) is 9.92 Å². The average Bonchev–Trinajstić information content (AvgIpc) is 2.63. The summed E-state index contributed by atoms with van der Waals surface area (Å²) in [5, 5.41) is 5.29. The van der Waals surface area contributed by atoms with Gasteiger partial charge in [0.15, 0.2) is 5.82 Å². The first-order valence-electron chi connectivity index (χ1n) is 4.86. The number of hydrogen-bond acceptors (Lipinski definition) is 5. The predicted octanol–water partition coefficient (Wildman–Crippen LogP) is 2.16. The molecule has 0 radical (unpaired) electrons. The van der Waals surface area contributed by atoms with Crippen molar-refractivity contribution in [3.05, 3.63) is 29.4 Å². The number of rotatable bonds is 4. The van der Waals surface area contributed by atoms with Gasteiger partial charge in [0.25, 0.3) is 0 Å². The molecule has 5 nitrogen and oxygen atoms in total. The smallest absolute Gasteiger partial charge is 0.156 e. The number of hydrogen-bond donors (Lipinski definition) is 0. The lowest BCUT2D eigenvalue weighted by Gasteiger charge is -2.02. The fraction of sp³-hybridized carbons (Fsp3) is 0.300. The zero-order chi connectivity index (χ0) is 12.3. The van der Waals surface area contributed by atoms with Gasteiger partial charge in [0, 0.05) is 26.4 Å². The normalized spacial score (nSPS) is 10.8. The summed E-state index contributed by atoms with van der Waals surface area (Å²) in [6, 6.07) is 1.72. The van der Waals surface area contributed by atoms with Crippen molar-refractivity contribution < 1.29 is 4.74 Å². The summed E-state index contributed by atoms with van der Waals surface area (Å²) in [7, 11) is 3.46. The van der Waals surface area contributed by atoms with Crippen molar-refractivity contribution in [2.45, 2.75) is 16.5 Å². The van der Waals surface area contributed by atoms with Crippen molar-refractivity contribution in [3.63, 3.8) is 0 Å². The second-order valence-electron chi connectivity index (χ2n) is 3.33. The quantitative estimate of drug-likeness (QED) is 0.797. The number of aryl methyl sites for hydroxylation is 1. The monoisotopic (exact) mass is 270 g/mol. The highest BCUT2D eigenvalue weighted by Gasteiger charge is 2.06. The molecule has 7 heteroatoms. The largest absolute Gasteiger partial charge is 0.377 e. The van der Waals surface area contributed by atoms with E-state index in [2.05, 4.69) is 15.1 Å². The third kappa shape index (κ3) is 3.42. The van der Waals surface area contributed by atoms with Crippen LogP contribution >= 0.6 is 23.4 Å². The van der Waals surface area contributed by atoms with Crippen LogP contribution in [0, 0.1) is 0 Å². The number of ether oxygens (including phenoxy) is 1. The third-order valence-electron chi connectivity index (χ3n) is 1.89. The van der Waals surface area contributed by atoms with Crippen molar-refractivity contribution in [3.8, 4) is 0 Å². The lowest BCUT2D eigenvalue weighted by Crippen LogP contribution is -1.98. The van der Waals surface area contributed by atoms with Gasteiger partial charge in [-0.15, -0.1) is 0 Å². The molecule has 17 heavy (non-hydrogen) atoms. The Bertz CT molecular complexity index is 517. The summed E-state index contributed by atoms with van der Waals surface area (Å²) in [6.45, 7) is 0.348. The maximum atomic E-state index is 5.92. The molecule has 0 aromatic carbocycles. The van der Waals surface area contributed by atoms with Gasteiger partial charge in [0.05, 0.1) is 11.1 Å². The first-order chi connectivity index (χ1) is 8.17. The Labute approximate surface area is 108 Å². The van der Waals surface area contributed by atoms with E-state index in [9.17, 15) is 0 Å². The van der Waals surface area contributed by atoms with E-state index in [0.29, 0.717) is 17.6 Å². The van der Waals surface area contributed by atoms with Crippen LogP contribution in [-0.2, 0) is 18.4 Å². The lowest BCUT2D eigenvalue weighted by atomic mass is 10.6. The summed E-state index contributed by atoms with van der Waals surface area (Å²) in [5.41, 5.74) is 0. The van der Waals surface area contributed by atoms with Gasteiger partial charge in [-0.1, -0.05) is 23.4 Å².